The predicted molar refractivity (Wildman–Crippen MR) is 101 cm³/mol. The van der Waals surface area contributed by atoms with Crippen molar-refractivity contribution in [2.24, 2.45) is 0 Å². The summed E-state index contributed by atoms with van der Waals surface area (Å²) in [6.07, 6.45) is 7.91. The molecule has 0 radical (unpaired) electrons. The highest BCUT2D eigenvalue weighted by Gasteiger charge is 2.36. The summed E-state index contributed by atoms with van der Waals surface area (Å²) in [5, 5.41) is 0.430. The van der Waals surface area contributed by atoms with Gasteiger partial charge in [-0.1, -0.05) is 29.8 Å². The summed E-state index contributed by atoms with van der Waals surface area (Å²) >= 11 is 5.84. The average molecular weight is 371 g/mol. The minimum Gasteiger partial charge on any atom is -0.339 e. The Morgan fingerprint density at radius 2 is 1.73 bits per heavy atom. The summed E-state index contributed by atoms with van der Waals surface area (Å²) in [7, 11) is 0. The molecule has 1 aliphatic carbocycles. The molecule has 1 aromatic heterocycles. The van der Waals surface area contributed by atoms with Gasteiger partial charge >= 0.3 is 0 Å². The van der Waals surface area contributed by atoms with Crippen LogP contribution < -0.4 is 0 Å². The van der Waals surface area contributed by atoms with Gasteiger partial charge in [-0.3, -0.25) is 14.7 Å². The van der Waals surface area contributed by atoms with Crippen molar-refractivity contribution in [2.45, 2.75) is 44.3 Å². The lowest BCUT2D eigenvalue weighted by Gasteiger charge is -2.38. The molecule has 2 aliphatic rings. The fourth-order valence-corrected chi connectivity index (χ4v) is 3.83. The standard InChI is InChI=1S/C20H23ClN4O/c21-19-13-22-16(12-23-19)14-25(17-6-7-17)18-8-10-24(11-9-18)20(26)15-4-2-1-3-5-15/h1-5,12-13,17-18H,6-11,14H2. The van der Waals surface area contributed by atoms with Crippen molar-refractivity contribution < 1.29 is 4.79 Å². The highest BCUT2D eigenvalue weighted by Crippen LogP contribution is 2.33. The van der Waals surface area contributed by atoms with E-state index in [0.717, 1.165) is 43.7 Å². The Morgan fingerprint density at radius 3 is 2.35 bits per heavy atom. The van der Waals surface area contributed by atoms with Crippen molar-refractivity contribution in [3.8, 4) is 0 Å². The number of carbonyl (C=O) groups is 1. The molecule has 1 amide bonds. The van der Waals surface area contributed by atoms with E-state index in [2.05, 4.69) is 14.9 Å². The maximum atomic E-state index is 12.6. The van der Waals surface area contributed by atoms with Crippen LogP contribution in [0.1, 0.15) is 41.7 Å². The number of nitrogens with zero attached hydrogens (tertiary/aromatic N) is 4. The SMILES string of the molecule is O=C(c1ccccc1)N1CCC(N(Cc2cnc(Cl)cn2)C2CC2)CC1. The highest BCUT2D eigenvalue weighted by atomic mass is 35.5. The number of aromatic nitrogens is 2. The van der Waals surface area contributed by atoms with Gasteiger partial charge in [-0.2, -0.15) is 0 Å². The fourth-order valence-electron chi connectivity index (χ4n) is 3.73. The van der Waals surface area contributed by atoms with Gasteiger partial charge in [0, 0.05) is 37.3 Å². The van der Waals surface area contributed by atoms with E-state index in [1.165, 1.54) is 12.8 Å². The number of hydrogen-bond donors (Lipinski definition) is 0. The van der Waals surface area contributed by atoms with Crippen molar-refractivity contribution in [3.05, 3.63) is 59.1 Å². The summed E-state index contributed by atoms with van der Waals surface area (Å²) < 4.78 is 0. The smallest absolute Gasteiger partial charge is 0.253 e. The minimum atomic E-state index is 0.144. The van der Waals surface area contributed by atoms with E-state index in [1.807, 2.05) is 35.2 Å². The molecule has 2 heterocycles. The Balaban J connectivity index is 1.37. The third-order valence-electron chi connectivity index (χ3n) is 5.28. The molecule has 0 atom stereocenters. The van der Waals surface area contributed by atoms with Gasteiger partial charge in [0.25, 0.3) is 5.91 Å². The van der Waals surface area contributed by atoms with Gasteiger partial charge in [0.2, 0.25) is 0 Å². The van der Waals surface area contributed by atoms with Crippen molar-refractivity contribution in [2.75, 3.05) is 13.1 Å². The van der Waals surface area contributed by atoms with Crippen LogP contribution in [-0.4, -0.2) is 50.8 Å². The number of likely N-dealkylation sites (tertiary alicyclic amines) is 1. The Kier molecular flexibility index (Phi) is 5.18. The van der Waals surface area contributed by atoms with E-state index in [-0.39, 0.29) is 5.91 Å². The first-order valence-corrected chi connectivity index (χ1v) is 9.65. The predicted octanol–water partition coefficient (Wildman–Crippen LogP) is 3.40. The van der Waals surface area contributed by atoms with Crippen LogP contribution in [0.15, 0.2) is 42.7 Å². The number of carbonyl (C=O) groups excluding carboxylic acids is 1. The van der Waals surface area contributed by atoms with Crippen LogP contribution in [0.2, 0.25) is 5.15 Å². The lowest BCUT2D eigenvalue weighted by Crippen LogP contribution is -2.47. The molecule has 0 bridgehead atoms. The van der Waals surface area contributed by atoms with E-state index in [1.54, 1.807) is 12.4 Å². The molecule has 4 rings (SSSR count). The molecular formula is C20H23ClN4O. The molecule has 2 fully saturated rings. The molecule has 0 spiro atoms. The van der Waals surface area contributed by atoms with Crippen molar-refractivity contribution in [1.82, 2.24) is 19.8 Å². The Hall–Kier alpha value is -1.98. The third-order valence-corrected chi connectivity index (χ3v) is 5.47. The molecule has 0 N–H and O–H groups in total. The first-order valence-electron chi connectivity index (χ1n) is 9.27. The molecule has 6 heteroatoms. The van der Waals surface area contributed by atoms with Crippen molar-refractivity contribution in [1.29, 1.82) is 0 Å². The second-order valence-electron chi connectivity index (χ2n) is 7.12. The van der Waals surface area contributed by atoms with Crippen LogP contribution in [0.3, 0.4) is 0 Å². The summed E-state index contributed by atoms with van der Waals surface area (Å²) in [6.45, 7) is 2.44. The maximum Gasteiger partial charge on any atom is 0.253 e. The quantitative estimate of drug-likeness (QED) is 0.809. The summed E-state index contributed by atoms with van der Waals surface area (Å²) in [6, 6.07) is 10.7. The van der Waals surface area contributed by atoms with E-state index >= 15 is 0 Å². The molecule has 1 saturated heterocycles. The topological polar surface area (TPSA) is 49.3 Å². The number of halogens is 1. The van der Waals surface area contributed by atoms with E-state index in [9.17, 15) is 4.79 Å². The van der Waals surface area contributed by atoms with Gasteiger partial charge in [-0.15, -0.1) is 0 Å². The molecule has 5 nitrogen and oxygen atoms in total. The van der Waals surface area contributed by atoms with Gasteiger partial charge in [-0.25, -0.2) is 4.98 Å². The minimum absolute atomic E-state index is 0.144. The zero-order valence-electron chi connectivity index (χ0n) is 14.7. The molecule has 1 aliphatic heterocycles. The number of piperidine rings is 1. The molecule has 136 valence electrons. The highest BCUT2D eigenvalue weighted by molar-refractivity contribution is 6.29. The van der Waals surface area contributed by atoms with Crippen molar-refractivity contribution in [3.63, 3.8) is 0 Å². The lowest BCUT2D eigenvalue weighted by atomic mass is 10.0. The summed E-state index contributed by atoms with van der Waals surface area (Å²) in [5.74, 6) is 0.144. The molecule has 1 aromatic carbocycles. The number of hydrogen-bond acceptors (Lipinski definition) is 4. The molecular weight excluding hydrogens is 348 g/mol. The van der Waals surface area contributed by atoms with Crippen molar-refractivity contribution >= 4 is 17.5 Å². The van der Waals surface area contributed by atoms with Gasteiger partial charge in [0.05, 0.1) is 18.1 Å². The fraction of sp³-hybridized carbons (Fsp3) is 0.450. The van der Waals surface area contributed by atoms with Gasteiger partial charge in [-0.05, 0) is 37.8 Å². The van der Waals surface area contributed by atoms with Crippen LogP contribution in [0.25, 0.3) is 0 Å². The monoisotopic (exact) mass is 370 g/mol. The number of amides is 1. The zero-order chi connectivity index (χ0) is 17.9. The van der Waals surface area contributed by atoms with E-state index < -0.39 is 0 Å². The first-order chi connectivity index (χ1) is 12.7. The normalized spacial score (nSPS) is 18.3. The second-order valence-corrected chi connectivity index (χ2v) is 7.51. The summed E-state index contributed by atoms with van der Waals surface area (Å²) in [5.41, 5.74) is 1.74. The molecule has 2 aromatic rings. The van der Waals surface area contributed by atoms with Crippen LogP contribution >= 0.6 is 11.6 Å². The second kappa shape index (κ2) is 7.72. The lowest BCUT2D eigenvalue weighted by molar-refractivity contribution is 0.0592. The van der Waals surface area contributed by atoms with Crippen LogP contribution in [0.5, 0.6) is 0 Å². The first kappa shape index (κ1) is 17.4. The van der Waals surface area contributed by atoms with Crippen LogP contribution in [0, 0.1) is 0 Å². The van der Waals surface area contributed by atoms with E-state index in [0.29, 0.717) is 17.2 Å². The molecule has 0 unspecified atom stereocenters. The number of benzene rings is 1. The average Bonchev–Trinajstić information content (AvgIpc) is 3.53. The largest absolute Gasteiger partial charge is 0.339 e. The Bertz CT molecular complexity index is 740. The molecule has 26 heavy (non-hydrogen) atoms. The molecule has 1 saturated carbocycles. The van der Waals surface area contributed by atoms with Crippen LogP contribution in [0.4, 0.5) is 0 Å². The van der Waals surface area contributed by atoms with Gasteiger partial charge in [0.1, 0.15) is 5.15 Å². The number of rotatable bonds is 5. The Labute approximate surface area is 159 Å². The van der Waals surface area contributed by atoms with Gasteiger partial charge in [0.15, 0.2) is 0 Å². The zero-order valence-corrected chi connectivity index (χ0v) is 15.5. The third kappa shape index (κ3) is 4.05. The summed E-state index contributed by atoms with van der Waals surface area (Å²) in [4.78, 5) is 25.7. The maximum absolute atomic E-state index is 12.6. The van der Waals surface area contributed by atoms with Crippen LogP contribution in [-0.2, 0) is 6.54 Å². The van der Waals surface area contributed by atoms with E-state index in [4.69, 9.17) is 11.6 Å². The Morgan fingerprint density at radius 1 is 1.04 bits per heavy atom. The van der Waals surface area contributed by atoms with Gasteiger partial charge < -0.3 is 4.90 Å².